The fourth-order valence-corrected chi connectivity index (χ4v) is 2.43. The maximum atomic E-state index is 11.7. The summed E-state index contributed by atoms with van der Waals surface area (Å²) in [5, 5.41) is 14.2. The van der Waals surface area contributed by atoms with E-state index >= 15 is 0 Å². The van der Waals surface area contributed by atoms with Crippen molar-refractivity contribution in [3.05, 3.63) is 23.7 Å². The van der Waals surface area contributed by atoms with Gasteiger partial charge in [-0.1, -0.05) is 0 Å². The van der Waals surface area contributed by atoms with Crippen molar-refractivity contribution in [3.8, 4) is 0 Å². The Hall–Kier alpha value is -2.02. The van der Waals surface area contributed by atoms with E-state index in [4.69, 9.17) is 9.52 Å². The number of nitrogens with zero attached hydrogens (tertiary/aromatic N) is 1. The van der Waals surface area contributed by atoms with Crippen molar-refractivity contribution >= 4 is 12.0 Å². The Morgan fingerprint density at radius 1 is 1.38 bits per heavy atom. The van der Waals surface area contributed by atoms with Crippen LogP contribution in [0.15, 0.2) is 16.5 Å². The van der Waals surface area contributed by atoms with Gasteiger partial charge in [0.2, 0.25) is 5.76 Å². The molecule has 1 aliphatic heterocycles. The van der Waals surface area contributed by atoms with Crippen LogP contribution >= 0.6 is 0 Å². The van der Waals surface area contributed by atoms with Crippen LogP contribution in [0, 0.1) is 0 Å². The Labute approximate surface area is 123 Å². The smallest absolute Gasteiger partial charge is 0.371 e. The van der Waals surface area contributed by atoms with E-state index in [9.17, 15) is 9.59 Å². The number of rotatable bonds is 6. The summed E-state index contributed by atoms with van der Waals surface area (Å²) in [7, 11) is 0. The van der Waals surface area contributed by atoms with Gasteiger partial charge in [0.15, 0.2) is 0 Å². The van der Waals surface area contributed by atoms with Gasteiger partial charge in [0.05, 0.1) is 6.54 Å². The quantitative estimate of drug-likeness (QED) is 0.734. The molecule has 2 rings (SSSR count). The molecule has 0 aliphatic carbocycles. The number of hydrogen-bond donors (Lipinski definition) is 3. The van der Waals surface area contributed by atoms with Crippen LogP contribution in [-0.4, -0.2) is 47.7 Å². The number of urea groups is 1. The van der Waals surface area contributed by atoms with Crippen molar-refractivity contribution in [2.45, 2.75) is 32.4 Å². The van der Waals surface area contributed by atoms with Gasteiger partial charge < -0.3 is 25.1 Å². The number of amides is 2. The highest BCUT2D eigenvalue weighted by molar-refractivity contribution is 5.84. The summed E-state index contributed by atoms with van der Waals surface area (Å²) in [6, 6.07) is 2.69. The molecule has 1 fully saturated rings. The summed E-state index contributed by atoms with van der Waals surface area (Å²) in [5.74, 6) is -0.839. The first kappa shape index (κ1) is 15.4. The van der Waals surface area contributed by atoms with E-state index in [0.29, 0.717) is 5.76 Å². The number of carbonyl (C=O) groups excluding carboxylic acids is 1. The largest absolute Gasteiger partial charge is 0.475 e. The Morgan fingerprint density at radius 3 is 2.71 bits per heavy atom. The monoisotopic (exact) mass is 295 g/mol. The van der Waals surface area contributed by atoms with Crippen molar-refractivity contribution in [1.29, 1.82) is 0 Å². The summed E-state index contributed by atoms with van der Waals surface area (Å²) < 4.78 is 5.06. The van der Waals surface area contributed by atoms with Crippen LogP contribution in [0.25, 0.3) is 0 Å². The number of nitrogens with one attached hydrogen (secondary N) is 2. The Balaban J connectivity index is 1.69. The van der Waals surface area contributed by atoms with Gasteiger partial charge in [-0.15, -0.1) is 0 Å². The van der Waals surface area contributed by atoms with Crippen LogP contribution in [0.2, 0.25) is 0 Å². The maximum Gasteiger partial charge on any atom is 0.371 e. The molecular formula is C14H21N3O4. The Bertz CT molecular complexity index is 494. The topological polar surface area (TPSA) is 94.8 Å². The number of aromatic carboxylic acids is 1. The maximum absolute atomic E-state index is 11.7. The number of carboxylic acids is 1. The van der Waals surface area contributed by atoms with E-state index in [1.54, 1.807) is 0 Å². The molecule has 116 valence electrons. The number of hydrogen-bond acceptors (Lipinski definition) is 4. The van der Waals surface area contributed by atoms with Crippen molar-refractivity contribution < 1.29 is 19.1 Å². The van der Waals surface area contributed by atoms with Crippen LogP contribution in [-0.2, 0) is 6.54 Å². The van der Waals surface area contributed by atoms with E-state index in [-0.39, 0.29) is 24.4 Å². The van der Waals surface area contributed by atoms with Gasteiger partial charge in [-0.05, 0) is 45.0 Å². The predicted molar refractivity (Wildman–Crippen MR) is 76.2 cm³/mol. The van der Waals surface area contributed by atoms with Gasteiger partial charge in [-0.2, -0.15) is 0 Å². The standard InChI is InChI=1S/C14H21N3O4/c1-10(9-17-6-2-3-7-17)16-14(20)15-8-11-4-5-12(21-11)13(18)19/h4-5,10H,2-3,6-9H2,1H3,(H,18,19)(H2,15,16,20). The summed E-state index contributed by atoms with van der Waals surface area (Å²) in [4.78, 5) is 24.7. The molecule has 0 aromatic carbocycles. The van der Waals surface area contributed by atoms with Crippen LogP contribution in [0.1, 0.15) is 36.1 Å². The average Bonchev–Trinajstić information content (AvgIpc) is 3.06. The molecule has 2 heterocycles. The van der Waals surface area contributed by atoms with Gasteiger partial charge >= 0.3 is 12.0 Å². The molecule has 1 atom stereocenters. The minimum absolute atomic E-state index is 0.0641. The molecule has 1 aromatic rings. The van der Waals surface area contributed by atoms with Gasteiger partial charge in [-0.3, -0.25) is 0 Å². The highest BCUT2D eigenvalue weighted by Gasteiger charge is 2.16. The first-order chi connectivity index (χ1) is 10.0. The third-order valence-electron chi connectivity index (χ3n) is 3.40. The van der Waals surface area contributed by atoms with E-state index in [2.05, 4.69) is 15.5 Å². The fraction of sp³-hybridized carbons (Fsp3) is 0.571. The minimum Gasteiger partial charge on any atom is -0.475 e. The molecule has 0 saturated carbocycles. The molecule has 2 amide bonds. The SMILES string of the molecule is CC(CN1CCCC1)NC(=O)NCc1ccc(C(=O)O)o1. The van der Waals surface area contributed by atoms with Gasteiger partial charge in [-0.25, -0.2) is 9.59 Å². The third-order valence-corrected chi connectivity index (χ3v) is 3.40. The zero-order chi connectivity index (χ0) is 15.2. The van der Waals surface area contributed by atoms with Gasteiger partial charge in [0.1, 0.15) is 5.76 Å². The molecule has 1 unspecified atom stereocenters. The summed E-state index contributed by atoms with van der Waals surface area (Å²) in [5.41, 5.74) is 0. The number of carbonyl (C=O) groups is 2. The molecule has 3 N–H and O–H groups in total. The summed E-state index contributed by atoms with van der Waals surface area (Å²) >= 11 is 0. The molecule has 1 saturated heterocycles. The lowest BCUT2D eigenvalue weighted by molar-refractivity contribution is 0.0660. The van der Waals surface area contributed by atoms with E-state index in [1.807, 2.05) is 6.92 Å². The second-order valence-electron chi connectivity index (χ2n) is 5.31. The van der Waals surface area contributed by atoms with E-state index in [1.165, 1.54) is 25.0 Å². The first-order valence-electron chi connectivity index (χ1n) is 7.13. The zero-order valence-electron chi connectivity index (χ0n) is 12.1. The summed E-state index contributed by atoms with van der Waals surface area (Å²) in [6.07, 6.45) is 2.45. The second-order valence-corrected chi connectivity index (χ2v) is 5.31. The van der Waals surface area contributed by atoms with Crippen molar-refractivity contribution in [2.75, 3.05) is 19.6 Å². The normalized spacial score (nSPS) is 16.6. The zero-order valence-corrected chi connectivity index (χ0v) is 12.1. The Morgan fingerprint density at radius 2 is 2.10 bits per heavy atom. The molecule has 7 nitrogen and oxygen atoms in total. The fourth-order valence-electron chi connectivity index (χ4n) is 2.43. The molecule has 1 aromatic heterocycles. The lowest BCUT2D eigenvalue weighted by Crippen LogP contribution is -2.45. The number of likely N-dealkylation sites (tertiary alicyclic amines) is 1. The lowest BCUT2D eigenvalue weighted by atomic mass is 10.3. The lowest BCUT2D eigenvalue weighted by Gasteiger charge is -2.21. The predicted octanol–water partition coefficient (Wildman–Crippen LogP) is 1.26. The van der Waals surface area contributed by atoms with E-state index in [0.717, 1.165) is 19.6 Å². The summed E-state index contributed by atoms with van der Waals surface area (Å²) in [6.45, 7) is 5.16. The number of carboxylic acid groups (broad SMARTS) is 1. The number of furan rings is 1. The molecule has 0 bridgehead atoms. The Kier molecular flexibility index (Phi) is 5.21. The van der Waals surface area contributed by atoms with Crippen LogP contribution in [0.3, 0.4) is 0 Å². The molecular weight excluding hydrogens is 274 g/mol. The molecule has 0 radical (unpaired) electrons. The molecule has 7 heteroatoms. The van der Waals surface area contributed by atoms with Crippen molar-refractivity contribution in [1.82, 2.24) is 15.5 Å². The van der Waals surface area contributed by atoms with Crippen LogP contribution < -0.4 is 10.6 Å². The third kappa shape index (κ3) is 4.78. The average molecular weight is 295 g/mol. The first-order valence-corrected chi connectivity index (χ1v) is 7.13. The van der Waals surface area contributed by atoms with Gasteiger partial charge in [0.25, 0.3) is 0 Å². The van der Waals surface area contributed by atoms with Crippen LogP contribution in [0.5, 0.6) is 0 Å². The second kappa shape index (κ2) is 7.12. The van der Waals surface area contributed by atoms with Crippen LogP contribution in [0.4, 0.5) is 4.79 Å². The molecule has 0 spiro atoms. The minimum atomic E-state index is -1.12. The van der Waals surface area contributed by atoms with Crippen molar-refractivity contribution in [2.24, 2.45) is 0 Å². The van der Waals surface area contributed by atoms with Gasteiger partial charge in [0, 0.05) is 12.6 Å². The highest BCUT2D eigenvalue weighted by atomic mass is 16.4. The van der Waals surface area contributed by atoms with Crippen molar-refractivity contribution in [3.63, 3.8) is 0 Å². The van der Waals surface area contributed by atoms with E-state index < -0.39 is 5.97 Å². The molecule has 21 heavy (non-hydrogen) atoms. The molecule has 1 aliphatic rings. The highest BCUT2D eigenvalue weighted by Crippen LogP contribution is 2.08.